The van der Waals surface area contributed by atoms with Gasteiger partial charge in [0.15, 0.2) is 0 Å². The molecule has 2 aliphatic rings. The second kappa shape index (κ2) is 6.20. The second-order valence-corrected chi connectivity index (χ2v) is 5.75. The summed E-state index contributed by atoms with van der Waals surface area (Å²) in [5, 5.41) is 13.6. The average molecular weight is 281 g/mol. The lowest BCUT2D eigenvalue weighted by Crippen LogP contribution is -2.38. The largest absolute Gasteiger partial charge is 0.393 e. The minimum absolute atomic E-state index is 0.0737. The molecule has 0 amide bonds. The van der Waals surface area contributed by atoms with Gasteiger partial charge in [-0.2, -0.15) is 4.98 Å². The number of aliphatic hydroxyl groups is 1. The molecular weight excluding hydrogens is 258 g/mol. The Balaban J connectivity index is 1.64. The van der Waals surface area contributed by atoms with Gasteiger partial charge in [-0.15, -0.1) is 0 Å². The van der Waals surface area contributed by atoms with Gasteiger partial charge in [0.25, 0.3) is 0 Å². The van der Waals surface area contributed by atoms with Gasteiger partial charge >= 0.3 is 0 Å². The molecule has 1 saturated heterocycles. The number of hydrogen-bond donors (Lipinski definition) is 1. The summed E-state index contributed by atoms with van der Waals surface area (Å²) < 4.78 is 11.2. The molecule has 1 aromatic heterocycles. The summed E-state index contributed by atoms with van der Waals surface area (Å²) in [7, 11) is 0. The van der Waals surface area contributed by atoms with Crippen molar-refractivity contribution in [2.75, 3.05) is 26.2 Å². The first-order valence-electron chi connectivity index (χ1n) is 7.61. The van der Waals surface area contributed by atoms with Crippen LogP contribution in [0.5, 0.6) is 0 Å². The Kier molecular flexibility index (Phi) is 4.33. The number of aliphatic hydroxyl groups excluding tert-OH is 1. The zero-order valence-electron chi connectivity index (χ0n) is 12.0. The van der Waals surface area contributed by atoms with Crippen LogP contribution in [0.3, 0.4) is 0 Å². The van der Waals surface area contributed by atoms with Gasteiger partial charge in [-0.1, -0.05) is 12.1 Å². The molecule has 0 aromatic carbocycles. The monoisotopic (exact) mass is 281 g/mol. The lowest BCUT2D eigenvalue weighted by atomic mass is 9.87. The number of aromatic nitrogens is 2. The van der Waals surface area contributed by atoms with E-state index in [9.17, 15) is 5.11 Å². The standard InChI is InChI=1S/C14H23N3O3/c1-2-17-7-8-19-12(9-17)13-15-14(20-16-13)10-3-5-11(18)6-4-10/h10-12,18H,2-9H2,1H3. The fourth-order valence-corrected chi connectivity index (χ4v) is 3.01. The van der Waals surface area contributed by atoms with Crippen LogP contribution >= 0.6 is 0 Å². The summed E-state index contributed by atoms with van der Waals surface area (Å²) in [4.78, 5) is 6.87. The SMILES string of the molecule is CCN1CCOC(c2noc(C3CCC(O)CC3)n2)C1. The van der Waals surface area contributed by atoms with Gasteiger partial charge in [0.2, 0.25) is 11.7 Å². The zero-order chi connectivity index (χ0) is 13.9. The first kappa shape index (κ1) is 14.0. The molecule has 0 radical (unpaired) electrons. The molecule has 6 heteroatoms. The van der Waals surface area contributed by atoms with Crippen LogP contribution in [-0.4, -0.2) is 52.5 Å². The number of likely N-dealkylation sites (N-methyl/N-ethyl adjacent to an activating group) is 1. The maximum atomic E-state index is 9.55. The quantitative estimate of drug-likeness (QED) is 0.905. The highest BCUT2D eigenvalue weighted by atomic mass is 16.5. The minimum atomic E-state index is -0.159. The molecule has 0 spiro atoms. The predicted molar refractivity (Wildman–Crippen MR) is 72.3 cm³/mol. The predicted octanol–water partition coefficient (Wildman–Crippen LogP) is 1.48. The van der Waals surface area contributed by atoms with Crippen LogP contribution in [0.4, 0.5) is 0 Å². The van der Waals surface area contributed by atoms with Gasteiger partial charge in [0.1, 0.15) is 6.10 Å². The molecule has 6 nitrogen and oxygen atoms in total. The Morgan fingerprint density at radius 2 is 2.10 bits per heavy atom. The topological polar surface area (TPSA) is 71.6 Å². The van der Waals surface area contributed by atoms with E-state index in [2.05, 4.69) is 22.0 Å². The molecule has 0 bridgehead atoms. The first-order valence-corrected chi connectivity index (χ1v) is 7.61. The Labute approximate surface area is 119 Å². The molecule has 3 rings (SSSR count). The highest BCUT2D eigenvalue weighted by Gasteiger charge is 2.29. The second-order valence-electron chi connectivity index (χ2n) is 5.75. The van der Waals surface area contributed by atoms with E-state index in [1.54, 1.807) is 0 Å². The van der Waals surface area contributed by atoms with Crippen molar-refractivity contribution in [2.45, 2.75) is 50.7 Å². The van der Waals surface area contributed by atoms with E-state index < -0.39 is 0 Å². The van der Waals surface area contributed by atoms with Gasteiger partial charge in [-0.05, 0) is 32.2 Å². The maximum Gasteiger partial charge on any atom is 0.229 e. The number of hydrogen-bond acceptors (Lipinski definition) is 6. The number of ether oxygens (including phenoxy) is 1. The molecule has 1 N–H and O–H groups in total. The van der Waals surface area contributed by atoms with E-state index in [-0.39, 0.29) is 12.2 Å². The zero-order valence-corrected chi connectivity index (χ0v) is 12.0. The molecule has 20 heavy (non-hydrogen) atoms. The van der Waals surface area contributed by atoms with Gasteiger partial charge in [-0.25, -0.2) is 0 Å². The van der Waals surface area contributed by atoms with Gasteiger partial charge in [0.05, 0.1) is 12.7 Å². The minimum Gasteiger partial charge on any atom is -0.393 e. The van der Waals surface area contributed by atoms with Crippen LogP contribution in [0, 0.1) is 0 Å². The maximum absolute atomic E-state index is 9.55. The third-order valence-electron chi connectivity index (χ3n) is 4.39. The van der Waals surface area contributed by atoms with Crippen LogP contribution in [-0.2, 0) is 4.74 Å². The summed E-state index contributed by atoms with van der Waals surface area (Å²) in [5.74, 6) is 1.68. The normalized spacial score (nSPS) is 32.4. The van der Waals surface area contributed by atoms with Crippen molar-refractivity contribution < 1.29 is 14.4 Å². The highest BCUT2D eigenvalue weighted by molar-refractivity contribution is 4.99. The molecule has 112 valence electrons. The van der Waals surface area contributed by atoms with E-state index in [4.69, 9.17) is 9.26 Å². The number of rotatable bonds is 3. The van der Waals surface area contributed by atoms with Gasteiger partial charge in [-0.3, -0.25) is 4.90 Å². The van der Waals surface area contributed by atoms with E-state index in [1.807, 2.05) is 0 Å². The molecule has 1 saturated carbocycles. The summed E-state index contributed by atoms with van der Waals surface area (Å²) >= 11 is 0. The third kappa shape index (κ3) is 3.02. The van der Waals surface area contributed by atoms with Crippen LogP contribution < -0.4 is 0 Å². The molecule has 1 atom stereocenters. The number of nitrogens with zero attached hydrogens (tertiary/aromatic N) is 3. The van der Waals surface area contributed by atoms with Crippen molar-refractivity contribution in [1.82, 2.24) is 15.0 Å². The van der Waals surface area contributed by atoms with Crippen LogP contribution in [0.15, 0.2) is 4.52 Å². The third-order valence-corrected chi connectivity index (χ3v) is 4.39. The first-order chi connectivity index (χ1) is 9.76. The smallest absolute Gasteiger partial charge is 0.229 e. The molecule has 1 unspecified atom stereocenters. The lowest BCUT2D eigenvalue weighted by molar-refractivity contribution is -0.0334. The van der Waals surface area contributed by atoms with E-state index in [0.717, 1.165) is 51.9 Å². The van der Waals surface area contributed by atoms with E-state index in [1.165, 1.54) is 0 Å². The Bertz CT molecular complexity index is 429. The summed E-state index contributed by atoms with van der Waals surface area (Å²) in [6.45, 7) is 5.69. The van der Waals surface area contributed by atoms with E-state index in [0.29, 0.717) is 17.6 Å². The summed E-state index contributed by atoms with van der Waals surface area (Å²) in [6, 6.07) is 0. The van der Waals surface area contributed by atoms with E-state index >= 15 is 0 Å². The van der Waals surface area contributed by atoms with Crippen LogP contribution in [0.25, 0.3) is 0 Å². The van der Waals surface area contributed by atoms with Crippen molar-refractivity contribution in [2.24, 2.45) is 0 Å². The van der Waals surface area contributed by atoms with Crippen molar-refractivity contribution >= 4 is 0 Å². The van der Waals surface area contributed by atoms with Crippen molar-refractivity contribution in [1.29, 1.82) is 0 Å². The van der Waals surface area contributed by atoms with Crippen LogP contribution in [0.2, 0.25) is 0 Å². The Hall–Kier alpha value is -0.980. The van der Waals surface area contributed by atoms with Crippen molar-refractivity contribution in [3.05, 3.63) is 11.7 Å². The van der Waals surface area contributed by atoms with Crippen LogP contribution in [0.1, 0.15) is 56.3 Å². The Morgan fingerprint density at radius 1 is 1.30 bits per heavy atom. The summed E-state index contributed by atoms with van der Waals surface area (Å²) in [6.07, 6.45) is 3.27. The molecular formula is C14H23N3O3. The number of morpholine rings is 1. The molecule has 1 aliphatic carbocycles. The summed E-state index contributed by atoms with van der Waals surface area (Å²) in [5.41, 5.74) is 0. The fourth-order valence-electron chi connectivity index (χ4n) is 3.01. The molecule has 1 aromatic rings. The highest BCUT2D eigenvalue weighted by Crippen LogP contribution is 2.32. The fraction of sp³-hybridized carbons (Fsp3) is 0.857. The van der Waals surface area contributed by atoms with Crippen molar-refractivity contribution in [3.8, 4) is 0 Å². The van der Waals surface area contributed by atoms with Gasteiger partial charge in [0, 0.05) is 19.0 Å². The van der Waals surface area contributed by atoms with Gasteiger partial charge < -0.3 is 14.4 Å². The Morgan fingerprint density at radius 3 is 2.85 bits per heavy atom. The average Bonchev–Trinajstić information content (AvgIpc) is 2.98. The molecule has 2 fully saturated rings. The molecule has 2 heterocycles. The lowest BCUT2D eigenvalue weighted by Gasteiger charge is -2.30. The molecule has 1 aliphatic heterocycles. The van der Waals surface area contributed by atoms with Crippen molar-refractivity contribution in [3.63, 3.8) is 0 Å².